The fourth-order valence-electron chi connectivity index (χ4n) is 2.80. The first-order valence-corrected chi connectivity index (χ1v) is 9.56. The third-order valence-corrected chi connectivity index (χ3v) is 5.37. The van der Waals surface area contributed by atoms with Crippen molar-refractivity contribution in [1.29, 1.82) is 0 Å². The summed E-state index contributed by atoms with van der Waals surface area (Å²) in [6, 6.07) is 6.77. The minimum absolute atomic E-state index is 0.0878. The second kappa shape index (κ2) is 6.79. The lowest BCUT2D eigenvalue weighted by Gasteiger charge is -2.23. The van der Waals surface area contributed by atoms with Gasteiger partial charge in [0.15, 0.2) is 0 Å². The number of halogens is 1. The second-order valence-electron chi connectivity index (χ2n) is 5.37. The molecular formula is C15H20ClNO3S. The van der Waals surface area contributed by atoms with Crippen LogP contribution in [0.25, 0.3) is 0 Å². The molecule has 0 saturated carbocycles. The van der Waals surface area contributed by atoms with Crippen LogP contribution in [0.15, 0.2) is 29.2 Å². The van der Waals surface area contributed by atoms with E-state index in [1.807, 2.05) is 4.90 Å². The van der Waals surface area contributed by atoms with Crippen LogP contribution < -0.4 is 0 Å². The van der Waals surface area contributed by atoms with E-state index >= 15 is 0 Å². The topological polar surface area (TPSA) is 54.5 Å². The predicted molar refractivity (Wildman–Crippen MR) is 82.8 cm³/mol. The van der Waals surface area contributed by atoms with Crippen LogP contribution in [0.4, 0.5) is 0 Å². The summed E-state index contributed by atoms with van der Waals surface area (Å²) in [5, 5.41) is 0. The first kappa shape index (κ1) is 16.3. The lowest BCUT2D eigenvalue weighted by molar-refractivity contribution is -0.132. The van der Waals surface area contributed by atoms with Crippen LogP contribution in [-0.2, 0) is 20.3 Å². The molecule has 1 heterocycles. The zero-order chi connectivity index (χ0) is 15.5. The van der Waals surface area contributed by atoms with Crippen molar-refractivity contribution >= 4 is 25.6 Å². The Bertz CT molecular complexity index is 598. The molecule has 4 nitrogen and oxygen atoms in total. The number of hydrogen-bond donors (Lipinski definition) is 0. The molecule has 1 fully saturated rings. The molecule has 0 N–H and O–H groups in total. The van der Waals surface area contributed by atoms with E-state index in [2.05, 4.69) is 6.92 Å². The highest BCUT2D eigenvalue weighted by atomic mass is 35.7. The second-order valence-corrected chi connectivity index (χ2v) is 7.94. The molecule has 0 aromatic heterocycles. The van der Waals surface area contributed by atoms with E-state index in [0.717, 1.165) is 31.4 Å². The van der Waals surface area contributed by atoms with Gasteiger partial charge in [-0.25, -0.2) is 8.42 Å². The normalized spacial score (nSPS) is 19.0. The molecule has 0 radical (unpaired) electrons. The van der Waals surface area contributed by atoms with Gasteiger partial charge in [0.1, 0.15) is 0 Å². The molecule has 1 amide bonds. The molecule has 1 aliphatic rings. The lowest BCUT2D eigenvalue weighted by atomic mass is 10.1. The summed E-state index contributed by atoms with van der Waals surface area (Å²) in [7, 11) is 1.59. The van der Waals surface area contributed by atoms with Gasteiger partial charge < -0.3 is 4.90 Å². The molecule has 116 valence electrons. The maximum atomic E-state index is 12.2. The van der Waals surface area contributed by atoms with E-state index in [1.54, 1.807) is 12.1 Å². The van der Waals surface area contributed by atoms with Crippen molar-refractivity contribution in [2.24, 2.45) is 0 Å². The molecule has 0 spiro atoms. The smallest absolute Gasteiger partial charge is 0.261 e. The fourth-order valence-corrected chi connectivity index (χ4v) is 3.57. The minimum atomic E-state index is -3.68. The summed E-state index contributed by atoms with van der Waals surface area (Å²) >= 11 is 0. The van der Waals surface area contributed by atoms with Crippen molar-refractivity contribution in [1.82, 2.24) is 4.90 Å². The Balaban J connectivity index is 1.92. The first-order chi connectivity index (χ1) is 9.91. The van der Waals surface area contributed by atoms with Gasteiger partial charge in [-0.05, 0) is 43.4 Å². The van der Waals surface area contributed by atoms with E-state index in [4.69, 9.17) is 10.7 Å². The van der Waals surface area contributed by atoms with E-state index < -0.39 is 9.05 Å². The van der Waals surface area contributed by atoms with Gasteiger partial charge in [0.05, 0.1) is 4.90 Å². The Labute approximate surface area is 130 Å². The van der Waals surface area contributed by atoms with Crippen LogP contribution in [-0.4, -0.2) is 31.8 Å². The molecule has 0 aliphatic carbocycles. The number of nitrogens with zero attached hydrogens (tertiary/aromatic N) is 1. The third kappa shape index (κ3) is 4.20. The summed E-state index contributed by atoms with van der Waals surface area (Å²) in [5.41, 5.74) is 0.944. The molecule has 0 bridgehead atoms. The van der Waals surface area contributed by atoms with Gasteiger partial charge in [-0.15, -0.1) is 0 Å². The van der Waals surface area contributed by atoms with Gasteiger partial charge in [0.2, 0.25) is 5.91 Å². The van der Waals surface area contributed by atoms with E-state index in [-0.39, 0.29) is 10.8 Å². The zero-order valence-corrected chi connectivity index (χ0v) is 13.7. The fraction of sp³-hybridized carbons (Fsp3) is 0.533. The summed E-state index contributed by atoms with van der Waals surface area (Å²) < 4.78 is 22.3. The van der Waals surface area contributed by atoms with Crippen LogP contribution in [0.1, 0.15) is 38.2 Å². The van der Waals surface area contributed by atoms with Gasteiger partial charge in [-0.3, -0.25) is 4.79 Å². The van der Waals surface area contributed by atoms with Crippen LogP contribution in [0.3, 0.4) is 0 Å². The molecule has 1 aromatic rings. The van der Waals surface area contributed by atoms with E-state index in [9.17, 15) is 13.2 Å². The monoisotopic (exact) mass is 329 g/mol. The number of hydrogen-bond acceptors (Lipinski definition) is 3. The van der Waals surface area contributed by atoms with Crippen LogP contribution in [0.5, 0.6) is 0 Å². The lowest BCUT2D eigenvalue weighted by Crippen LogP contribution is -2.35. The van der Waals surface area contributed by atoms with Gasteiger partial charge >= 0.3 is 0 Å². The molecule has 21 heavy (non-hydrogen) atoms. The molecular weight excluding hydrogens is 310 g/mol. The average Bonchev–Trinajstić information content (AvgIpc) is 2.92. The Kier molecular flexibility index (Phi) is 5.27. The zero-order valence-electron chi connectivity index (χ0n) is 12.1. The highest BCUT2D eigenvalue weighted by Crippen LogP contribution is 2.21. The van der Waals surface area contributed by atoms with Crippen LogP contribution >= 0.6 is 10.7 Å². The quantitative estimate of drug-likeness (QED) is 0.780. The summed E-state index contributed by atoms with van der Waals surface area (Å²) in [4.78, 5) is 14.3. The summed E-state index contributed by atoms with van der Waals surface area (Å²) in [6.07, 6.45) is 4.28. The summed E-state index contributed by atoms with van der Waals surface area (Å²) in [6.45, 7) is 2.97. The molecule has 1 atom stereocenters. The standard InChI is InChI=1S/C15H20ClNO3S/c1-2-13-4-3-11-17(13)15(18)10-7-12-5-8-14(9-6-12)21(16,19)20/h5-6,8-9,13H,2-4,7,10-11H2,1H3. The van der Waals surface area contributed by atoms with Crippen LogP contribution in [0.2, 0.25) is 0 Å². The molecule has 1 saturated heterocycles. The number of aryl methyl sites for hydroxylation is 1. The van der Waals surface area contributed by atoms with Gasteiger partial charge in [0, 0.05) is 29.7 Å². The molecule has 1 aliphatic heterocycles. The number of benzene rings is 1. The van der Waals surface area contributed by atoms with Crippen molar-refractivity contribution in [2.75, 3.05) is 6.54 Å². The van der Waals surface area contributed by atoms with Crippen molar-refractivity contribution < 1.29 is 13.2 Å². The Morgan fingerprint density at radius 2 is 2.00 bits per heavy atom. The molecule has 2 rings (SSSR count). The van der Waals surface area contributed by atoms with Crippen molar-refractivity contribution in [3.63, 3.8) is 0 Å². The highest BCUT2D eigenvalue weighted by Gasteiger charge is 2.26. The maximum Gasteiger partial charge on any atom is 0.261 e. The average molecular weight is 330 g/mol. The first-order valence-electron chi connectivity index (χ1n) is 7.25. The van der Waals surface area contributed by atoms with E-state index in [1.165, 1.54) is 12.1 Å². The molecule has 6 heteroatoms. The van der Waals surface area contributed by atoms with E-state index in [0.29, 0.717) is 18.9 Å². The summed E-state index contributed by atoms with van der Waals surface area (Å²) in [5.74, 6) is 0.188. The molecule has 1 aromatic carbocycles. The third-order valence-electron chi connectivity index (χ3n) is 4.00. The SMILES string of the molecule is CCC1CCCN1C(=O)CCc1ccc(S(=O)(=O)Cl)cc1. The molecule has 1 unspecified atom stereocenters. The van der Waals surface area contributed by atoms with Gasteiger partial charge in [-0.2, -0.15) is 0 Å². The van der Waals surface area contributed by atoms with Crippen LogP contribution in [0, 0.1) is 0 Å². The Hall–Kier alpha value is -1.07. The van der Waals surface area contributed by atoms with Crippen molar-refractivity contribution in [3.05, 3.63) is 29.8 Å². The Morgan fingerprint density at radius 3 is 2.57 bits per heavy atom. The van der Waals surface area contributed by atoms with Gasteiger partial charge in [-0.1, -0.05) is 19.1 Å². The van der Waals surface area contributed by atoms with Crippen molar-refractivity contribution in [2.45, 2.75) is 50.0 Å². The van der Waals surface area contributed by atoms with Crippen molar-refractivity contribution in [3.8, 4) is 0 Å². The number of carbonyl (C=O) groups excluding carboxylic acids is 1. The largest absolute Gasteiger partial charge is 0.340 e. The number of carbonyl (C=O) groups is 1. The Morgan fingerprint density at radius 1 is 1.33 bits per heavy atom. The number of likely N-dealkylation sites (tertiary alicyclic amines) is 1. The number of amides is 1. The predicted octanol–water partition coefficient (Wildman–Crippen LogP) is 2.95. The maximum absolute atomic E-state index is 12.2. The highest BCUT2D eigenvalue weighted by molar-refractivity contribution is 8.13. The number of rotatable bonds is 5. The van der Waals surface area contributed by atoms with Gasteiger partial charge in [0.25, 0.3) is 9.05 Å². The minimum Gasteiger partial charge on any atom is -0.340 e.